The van der Waals surface area contributed by atoms with Gasteiger partial charge in [0.25, 0.3) is 0 Å². The van der Waals surface area contributed by atoms with E-state index in [9.17, 15) is 4.79 Å². The second-order valence-electron chi connectivity index (χ2n) is 3.91. The molecule has 0 spiro atoms. The van der Waals surface area contributed by atoms with Gasteiger partial charge in [-0.1, -0.05) is 15.9 Å². The van der Waals surface area contributed by atoms with Crippen LogP contribution in [-0.4, -0.2) is 16.5 Å². The number of rotatable bonds is 0. The summed E-state index contributed by atoms with van der Waals surface area (Å²) in [7, 11) is 1.92. The van der Waals surface area contributed by atoms with Gasteiger partial charge in [0.1, 0.15) is 23.3 Å². The first-order valence-corrected chi connectivity index (χ1v) is 5.79. The van der Waals surface area contributed by atoms with Crippen molar-refractivity contribution in [3.63, 3.8) is 0 Å². The first-order chi connectivity index (χ1) is 7.61. The lowest BCUT2D eigenvalue weighted by Crippen LogP contribution is -2.39. The van der Waals surface area contributed by atoms with Gasteiger partial charge in [-0.25, -0.2) is 4.57 Å². The molecule has 2 aromatic heterocycles. The van der Waals surface area contributed by atoms with Crippen molar-refractivity contribution in [3.8, 4) is 0 Å². The van der Waals surface area contributed by atoms with Gasteiger partial charge in [0.05, 0.1) is 5.39 Å². The zero-order valence-corrected chi connectivity index (χ0v) is 10.1. The molecule has 0 amide bonds. The molecule has 0 aliphatic heterocycles. The number of carbonyl (C=O) groups is 1. The van der Waals surface area contributed by atoms with Crippen LogP contribution in [0.4, 0.5) is 0 Å². The maximum Gasteiger partial charge on any atom is 0.225 e. The van der Waals surface area contributed by atoms with E-state index in [1.165, 1.54) is 0 Å². The molecule has 4 nitrogen and oxygen atoms in total. The van der Waals surface area contributed by atoms with Crippen LogP contribution in [0, 0.1) is 5.41 Å². The summed E-state index contributed by atoms with van der Waals surface area (Å²) < 4.78 is 1.94. The summed E-state index contributed by atoms with van der Waals surface area (Å²) in [6.45, 7) is 0. The van der Waals surface area contributed by atoms with Crippen LogP contribution in [0.2, 0.25) is 0 Å². The number of nitrogens with one attached hydrogen (secondary N) is 2. The molecule has 0 saturated carbocycles. The number of aryl methyl sites for hydroxylation is 1. The van der Waals surface area contributed by atoms with Crippen LogP contribution in [0.25, 0.3) is 10.8 Å². The van der Waals surface area contributed by atoms with Crippen LogP contribution in [0.1, 0.15) is 21.0 Å². The molecule has 2 aromatic rings. The third-order valence-corrected chi connectivity index (χ3v) is 3.88. The number of ketones is 1. The van der Waals surface area contributed by atoms with Gasteiger partial charge in [-0.3, -0.25) is 10.2 Å². The highest BCUT2D eigenvalue weighted by Gasteiger charge is 2.37. The summed E-state index contributed by atoms with van der Waals surface area (Å²) in [5.74, 6) is -0.226. The summed E-state index contributed by atoms with van der Waals surface area (Å²) in [5, 5.41) is 9.73. The molecule has 5 heteroatoms. The van der Waals surface area contributed by atoms with E-state index in [2.05, 4.69) is 20.9 Å². The van der Waals surface area contributed by atoms with E-state index in [1.54, 1.807) is 0 Å². The molecule has 2 N–H and O–H groups in total. The topological polar surface area (TPSA) is 60.6 Å². The summed E-state index contributed by atoms with van der Waals surface area (Å²) in [6.07, 6.45) is 3.75. The summed E-state index contributed by atoms with van der Waals surface area (Å²) in [6, 6.07) is 1.96. The Balaban J connectivity index is 2.54. The highest BCUT2D eigenvalue weighted by Crippen LogP contribution is 2.35. The Morgan fingerprint density at radius 1 is 1.56 bits per heavy atom. The Morgan fingerprint density at radius 2 is 2.31 bits per heavy atom. The maximum atomic E-state index is 11.9. The second-order valence-corrected chi connectivity index (χ2v) is 4.83. The zero-order valence-electron chi connectivity index (χ0n) is 8.54. The van der Waals surface area contributed by atoms with Crippen molar-refractivity contribution in [1.82, 2.24) is 4.98 Å². The summed E-state index contributed by atoms with van der Waals surface area (Å²) in [4.78, 5) is 14.5. The Labute approximate surface area is 99.9 Å². The van der Waals surface area contributed by atoms with E-state index < -0.39 is 0 Å². The molecule has 0 aromatic carbocycles. The SMILES string of the molecule is C[n+]1ccc2c[nH]c3c2c1C(Br)C(=N)C3=O. The van der Waals surface area contributed by atoms with E-state index in [-0.39, 0.29) is 16.3 Å². The molecule has 0 fully saturated rings. The van der Waals surface area contributed by atoms with Crippen molar-refractivity contribution < 1.29 is 9.36 Å². The molecule has 3 rings (SSSR count). The van der Waals surface area contributed by atoms with E-state index in [1.807, 2.05) is 30.1 Å². The van der Waals surface area contributed by atoms with Gasteiger partial charge in [-0.05, 0) is 0 Å². The number of hydrogen-bond acceptors (Lipinski definition) is 2. The Morgan fingerprint density at radius 3 is 3.06 bits per heavy atom. The van der Waals surface area contributed by atoms with Crippen molar-refractivity contribution in [2.24, 2.45) is 7.05 Å². The molecule has 1 aliphatic carbocycles. The number of aromatic nitrogens is 2. The Hall–Kier alpha value is -1.49. The van der Waals surface area contributed by atoms with Gasteiger partial charge in [-0.2, -0.15) is 0 Å². The van der Waals surface area contributed by atoms with Crippen molar-refractivity contribution in [1.29, 1.82) is 5.41 Å². The number of halogens is 1. The Kier molecular flexibility index (Phi) is 1.83. The fourth-order valence-electron chi connectivity index (χ4n) is 2.17. The minimum Gasteiger partial charge on any atom is -0.357 e. The normalized spacial score (nSPS) is 19.5. The molecular weight excluding hydrogens is 270 g/mol. The predicted molar refractivity (Wildman–Crippen MR) is 63.2 cm³/mol. The molecule has 80 valence electrons. The van der Waals surface area contributed by atoms with Gasteiger partial charge >= 0.3 is 0 Å². The van der Waals surface area contributed by atoms with Crippen LogP contribution >= 0.6 is 15.9 Å². The maximum absolute atomic E-state index is 11.9. The number of pyridine rings is 1. The lowest BCUT2D eigenvalue weighted by Gasteiger charge is -2.15. The standard InChI is InChI=1S/C11H8BrN3O/c1-15-3-2-5-4-14-9-6(5)10(15)7(12)8(13)11(9)16/h2-4,7,13H,1H3/p+1. The number of carbonyl (C=O) groups excluding carboxylic acids is 1. The van der Waals surface area contributed by atoms with E-state index in [4.69, 9.17) is 5.41 Å². The van der Waals surface area contributed by atoms with E-state index in [0.717, 1.165) is 16.5 Å². The average Bonchev–Trinajstić information content (AvgIpc) is 2.68. The summed E-state index contributed by atoms with van der Waals surface area (Å²) in [5.41, 5.74) is 1.57. The van der Waals surface area contributed by atoms with Crippen molar-refractivity contribution >= 4 is 38.2 Å². The quantitative estimate of drug-likeness (QED) is 0.559. The molecule has 0 saturated heterocycles. The number of H-pyrrole nitrogens is 1. The molecule has 2 heterocycles. The zero-order chi connectivity index (χ0) is 11.4. The fraction of sp³-hybridized carbons (Fsp3) is 0.182. The van der Waals surface area contributed by atoms with Gasteiger partial charge < -0.3 is 4.98 Å². The monoisotopic (exact) mass is 278 g/mol. The first kappa shape index (κ1) is 9.72. The number of hydrogen-bond donors (Lipinski definition) is 2. The van der Waals surface area contributed by atoms with Crippen LogP contribution in [-0.2, 0) is 7.05 Å². The van der Waals surface area contributed by atoms with Crippen LogP contribution in [0.15, 0.2) is 18.5 Å². The lowest BCUT2D eigenvalue weighted by atomic mass is 9.95. The van der Waals surface area contributed by atoms with Crippen LogP contribution in [0.5, 0.6) is 0 Å². The third-order valence-electron chi connectivity index (χ3n) is 2.99. The largest absolute Gasteiger partial charge is 0.357 e. The second kappa shape index (κ2) is 3.01. The minimum atomic E-state index is -0.322. The van der Waals surface area contributed by atoms with Gasteiger partial charge in [-0.15, -0.1) is 0 Å². The fourth-order valence-corrected chi connectivity index (χ4v) is 2.93. The van der Waals surface area contributed by atoms with Gasteiger partial charge in [0, 0.05) is 17.6 Å². The van der Waals surface area contributed by atoms with Crippen molar-refractivity contribution in [3.05, 3.63) is 29.8 Å². The summed E-state index contributed by atoms with van der Waals surface area (Å²) >= 11 is 3.41. The molecule has 0 bridgehead atoms. The number of alkyl halides is 1. The van der Waals surface area contributed by atoms with Crippen LogP contribution < -0.4 is 4.57 Å². The smallest absolute Gasteiger partial charge is 0.225 e. The molecular formula is C11H9BrN3O+. The molecule has 1 unspecified atom stereocenters. The molecule has 0 radical (unpaired) electrons. The van der Waals surface area contributed by atoms with E-state index in [0.29, 0.717) is 5.69 Å². The number of Topliss-reactive ketones (excluding diaryl/α,β-unsaturated/α-hetero) is 1. The minimum absolute atomic E-state index is 0.0815. The van der Waals surface area contributed by atoms with Crippen LogP contribution in [0.3, 0.4) is 0 Å². The molecule has 1 atom stereocenters. The molecule has 1 aliphatic rings. The predicted octanol–water partition coefficient (Wildman–Crippen LogP) is 1.64. The highest BCUT2D eigenvalue weighted by molar-refractivity contribution is 9.09. The molecule has 16 heavy (non-hydrogen) atoms. The number of aromatic amines is 1. The van der Waals surface area contributed by atoms with Gasteiger partial charge in [0.2, 0.25) is 11.5 Å². The lowest BCUT2D eigenvalue weighted by molar-refractivity contribution is -0.677. The Bertz CT molecular complexity index is 644. The first-order valence-electron chi connectivity index (χ1n) is 4.88. The van der Waals surface area contributed by atoms with Crippen molar-refractivity contribution in [2.45, 2.75) is 4.83 Å². The van der Waals surface area contributed by atoms with E-state index >= 15 is 0 Å². The number of nitrogens with zero attached hydrogens (tertiary/aromatic N) is 1. The third kappa shape index (κ3) is 1.01. The van der Waals surface area contributed by atoms with Gasteiger partial charge in [0.15, 0.2) is 6.20 Å². The average molecular weight is 279 g/mol. The van der Waals surface area contributed by atoms with Crippen molar-refractivity contribution in [2.75, 3.05) is 0 Å². The highest BCUT2D eigenvalue weighted by atomic mass is 79.9.